The van der Waals surface area contributed by atoms with Gasteiger partial charge in [-0.2, -0.15) is 8.42 Å². The molecule has 0 spiro atoms. The van der Waals surface area contributed by atoms with Crippen molar-refractivity contribution in [2.24, 2.45) is 0 Å². The molecule has 0 unspecified atom stereocenters. The Morgan fingerprint density at radius 2 is 1.61 bits per heavy atom. The molecule has 0 saturated heterocycles. The topological polar surface area (TPSA) is 156 Å². The van der Waals surface area contributed by atoms with Crippen LogP contribution in [0.15, 0.2) is 59.9 Å². The van der Waals surface area contributed by atoms with Crippen LogP contribution in [0.2, 0.25) is 0 Å². The quantitative estimate of drug-likeness (QED) is 0.133. The largest absolute Gasteiger partial charge is 0.423 e. The van der Waals surface area contributed by atoms with Crippen molar-refractivity contribution < 1.29 is 41.4 Å². The van der Waals surface area contributed by atoms with Gasteiger partial charge in [0.25, 0.3) is 5.69 Å². The van der Waals surface area contributed by atoms with E-state index in [0.29, 0.717) is 0 Å². The maximum absolute atomic E-state index is 13.6. The Bertz CT molecular complexity index is 1410. The fraction of sp³-hybridized carbons (Fsp3) is 0.292. The van der Waals surface area contributed by atoms with Crippen molar-refractivity contribution in [2.45, 2.75) is 38.9 Å². The summed E-state index contributed by atoms with van der Waals surface area (Å²) in [6.07, 6.45) is 0.751. The lowest BCUT2D eigenvalue weighted by molar-refractivity contribution is -0.385. The van der Waals surface area contributed by atoms with E-state index < -0.39 is 72.1 Å². The first-order chi connectivity index (χ1) is 16.5. The van der Waals surface area contributed by atoms with Crippen molar-refractivity contribution in [2.75, 3.05) is 6.26 Å². The van der Waals surface area contributed by atoms with Crippen LogP contribution in [0.5, 0.6) is 5.75 Å². The lowest BCUT2D eigenvalue weighted by Crippen LogP contribution is -2.52. The molecule has 1 aliphatic rings. The second-order valence-electron chi connectivity index (χ2n) is 8.96. The molecule has 11 nitrogen and oxygen atoms in total. The number of esters is 1. The Hall–Kier alpha value is -3.90. The minimum atomic E-state index is -4.01. The zero-order chi connectivity index (χ0) is 27.1. The molecule has 0 N–H and O–H groups in total. The normalized spacial score (nSPS) is 16.9. The predicted molar refractivity (Wildman–Crippen MR) is 126 cm³/mol. The molecule has 1 heterocycles. The molecule has 0 aliphatic carbocycles. The summed E-state index contributed by atoms with van der Waals surface area (Å²) in [4.78, 5) is 50.6. The molecule has 0 radical (unpaired) electrons. The summed E-state index contributed by atoms with van der Waals surface area (Å²) in [7, 11) is -4.01. The number of rotatable bonds is 7. The molecule has 0 bridgehead atoms. The number of carbonyl (C=O) groups excluding carboxylic acids is 3. The maximum atomic E-state index is 13.6. The van der Waals surface area contributed by atoms with Crippen molar-refractivity contribution in [3.8, 4) is 5.75 Å². The van der Waals surface area contributed by atoms with E-state index in [4.69, 9.17) is 9.47 Å². The van der Waals surface area contributed by atoms with Crippen LogP contribution >= 0.6 is 0 Å². The van der Waals surface area contributed by atoms with Gasteiger partial charge in [-0.05, 0) is 52.0 Å². The van der Waals surface area contributed by atoms with E-state index in [-0.39, 0.29) is 5.56 Å². The molecular formula is C24H23NO10S. The first-order valence-electron chi connectivity index (χ1n) is 10.5. The average Bonchev–Trinajstić information content (AvgIpc) is 2.76. The molecule has 12 heteroatoms. The van der Waals surface area contributed by atoms with Crippen LogP contribution in [-0.4, -0.2) is 48.3 Å². The number of hydrogen-bond donors (Lipinski definition) is 0. The first-order valence-corrected chi connectivity index (χ1v) is 12.3. The van der Waals surface area contributed by atoms with Crippen LogP contribution in [0.1, 0.15) is 48.4 Å². The van der Waals surface area contributed by atoms with Gasteiger partial charge in [-0.15, -0.1) is 0 Å². The van der Waals surface area contributed by atoms with E-state index in [1.807, 2.05) is 0 Å². The van der Waals surface area contributed by atoms with Crippen LogP contribution < -0.4 is 4.18 Å². The lowest BCUT2D eigenvalue weighted by Gasteiger charge is -2.41. The fourth-order valence-corrected chi connectivity index (χ4v) is 4.21. The van der Waals surface area contributed by atoms with Gasteiger partial charge < -0.3 is 13.7 Å². The Kier molecular flexibility index (Phi) is 6.88. The Balaban J connectivity index is 2.21. The van der Waals surface area contributed by atoms with Crippen molar-refractivity contribution in [1.29, 1.82) is 0 Å². The van der Waals surface area contributed by atoms with Gasteiger partial charge >= 0.3 is 16.1 Å². The number of hydrogen-bond acceptors (Lipinski definition) is 10. The van der Waals surface area contributed by atoms with Crippen LogP contribution in [0.4, 0.5) is 5.69 Å². The molecule has 2 aromatic rings. The van der Waals surface area contributed by atoms with Gasteiger partial charge in [0.15, 0.2) is 5.76 Å². The smallest absolute Gasteiger partial charge is 0.343 e. The SMILES string of the molecule is CC1(C)OC(C)(C)C(OC(=O)c2ccccc2)=C(C(=O)c2ccc(OS(C)(=O)=O)cc2[N+](=O)[O-])C1=O. The predicted octanol–water partition coefficient (Wildman–Crippen LogP) is 3.38. The third-order valence-corrected chi connectivity index (χ3v) is 5.64. The molecule has 0 atom stereocenters. The number of ether oxygens (including phenoxy) is 2. The third kappa shape index (κ3) is 5.50. The summed E-state index contributed by atoms with van der Waals surface area (Å²) in [6, 6.07) is 10.6. The summed E-state index contributed by atoms with van der Waals surface area (Å²) in [5.41, 5.74) is -4.80. The van der Waals surface area contributed by atoms with Crippen LogP contribution in [0.25, 0.3) is 0 Å². The van der Waals surface area contributed by atoms with Gasteiger partial charge in [-0.25, -0.2) is 4.79 Å². The average molecular weight is 518 g/mol. The molecule has 190 valence electrons. The number of carbonyl (C=O) groups is 3. The maximum Gasteiger partial charge on any atom is 0.343 e. The van der Waals surface area contributed by atoms with Crippen LogP contribution in [-0.2, 0) is 24.4 Å². The van der Waals surface area contributed by atoms with Gasteiger partial charge in [0.05, 0.1) is 22.8 Å². The highest BCUT2D eigenvalue weighted by Gasteiger charge is 2.51. The molecule has 36 heavy (non-hydrogen) atoms. The van der Waals surface area contributed by atoms with Crippen LogP contribution in [0.3, 0.4) is 0 Å². The summed E-state index contributed by atoms with van der Waals surface area (Å²) in [5, 5.41) is 11.7. The third-order valence-electron chi connectivity index (χ3n) is 5.15. The molecule has 1 aliphatic heterocycles. The van der Waals surface area contributed by atoms with E-state index >= 15 is 0 Å². The number of benzene rings is 2. The summed E-state index contributed by atoms with van der Waals surface area (Å²) in [5.74, 6) is -3.63. The van der Waals surface area contributed by atoms with Gasteiger partial charge in [0.1, 0.15) is 28.1 Å². The molecular weight excluding hydrogens is 494 g/mol. The minimum Gasteiger partial charge on any atom is -0.423 e. The van der Waals surface area contributed by atoms with E-state index in [1.165, 1.54) is 39.8 Å². The van der Waals surface area contributed by atoms with E-state index in [1.54, 1.807) is 18.2 Å². The lowest BCUT2D eigenvalue weighted by atomic mass is 9.82. The molecule has 0 saturated carbocycles. The highest BCUT2D eigenvalue weighted by Crippen LogP contribution is 2.40. The Morgan fingerprint density at radius 1 is 1.00 bits per heavy atom. The number of nitro groups is 1. The zero-order valence-electron chi connectivity index (χ0n) is 20.1. The highest BCUT2D eigenvalue weighted by molar-refractivity contribution is 7.86. The highest BCUT2D eigenvalue weighted by atomic mass is 32.2. The Morgan fingerprint density at radius 3 is 2.17 bits per heavy atom. The van der Waals surface area contributed by atoms with Crippen LogP contribution in [0, 0.1) is 10.1 Å². The van der Waals surface area contributed by atoms with Crippen molar-refractivity contribution in [3.63, 3.8) is 0 Å². The number of nitrogens with zero attached hydrogens (tertiary/aromatic N) is 1. The summed E-state index contributed by atoms with van der Waals surface area (Å²) in [6.45, 7) is 5.80. The van der Waals surface area contributed by atoms with E-state index in [2.05, 4.69) is 4.18 Å². The minimum absolute atomic E-state index is 0.137. The van der Waals surface area contributed by atoms with Gasteiger partial charge in [-0.3, -0.25) is 19.7 Å². The molecule has 0 fully saturated rings. The molecule has 2 aromatic carbocycles. The standard InChI is InChI=1S/C24H23NO10S/c1-23(2)20(27)18(21(24(3,4)35-23)33-22(28)14-9-7-6-8-10-14)19(26)16-12-11-15(34-36(5,31)32)13-17(16)25(29)30/h6-13H,1-5H3. The molecule has 0 amide bonds. The van der Waals surface area contributed by atoms with Crippen molar-refractivity contribution in [1.82, 2.24) is 0 Å². The van der Waals surface area contributed by atoms with Gasteiger partial charge in [0.2, 0.25) is 11.6 Å². The Labute approximate surface area is 206 Å². The van der Waals surface area contributed by atoms with E-state index in [9.17, 15) is 32.9 Å². The second kappa shape index (κ2) is 9.28. The van der Waals surface area contributed by atoms with Gasteiger partial charge in [0, 0.05) is 0 Å². The fourth-order valence-electron chi connectivity index (χ4n) is 3.76. The number of Topliss-reactive ketones (excluding diaryl/α,β-unsaturated/α-hetero) is 2. The number of ketones is 2. The van der Waals surface area contributed by atoms with Crippen molar-refractivity contribution in [3.05, 3.63) is 81.1 Å². The molecule has 3 rings (SSSR count). The summed E-state index contributed by atoms with van der Waals surface area (Å²) >= 11 is 0. The molecule has 0 aromatic heterocycles. The zero-order valence-corrected chi connectivity index (χ0v) is 20.9. The first kappa shape index (κ1) is 26.7. The van der Waals surface area contributed by atoms with E-state index in [0.717, 1.165) is 24.5 Å². The van der Waals surface area contributed by atoms with Gasteiger partial charge in [-0.1, -0.05) is 18.2 Å². The second-order valence-corrected chi connectivity index (χ2v) is 10.5. The summed E-state index contributed by atoms with van der Waals surface area (Å²) < 4.78 is 38.9. The van der Waals surface area contributed by atoms with Crippen molar-refractivity contribution >= 4 is 33.3 Å². The monoisotopic (exact) mass is 517 g/mol. The number of nitro benzene ring substituents is 1.